The van der Waals surface area contributed by atoms with E-state index < -0.39 is 0 Å². The molecule has 0 saturated heterocycles. The van der Waals surface area contributed by atoms with Crippen molar-refractivity contribution in [2.45, 2.75) is 52.0 Å². The number of benzene rings is 1. The molecule has 3 N–H and O–H groups in total. The topological polar surface area (TPSA) is 75.1 Å². The minimum Gasteiger partial charge on any atom is -0.493 e. The highest BCUT2D eigenvalue weighted by Gasteiger charge is 2.14. The number of guanidine groups is 1. The van der Waals surface area contributed by atoms with Gasteiger partial charge in [0.1, 0.15) is 6.61 Å². The summed E-state index contributed by atoms with van der Waals surface area (Å²) in [5.74, 6) is 3.08. The van der Waals surface area contributed by atoms with Gasteiger partial charge in [0.25, 0.3) is 0 Å². The van der Waals surface area contributed by atoms with E-state index in [1.54, 1.807) is 7.11 Å². The van der Waals surface area contributed by atoms with E-state index in [0.29, 0.717) is 18.0 Å². The zero-order chi connectivity index (χ0) is 19.3. The van der Waals surface area contributed by atoms with Crippen LogP contribution in [0.3, 0.4) is 0 Å². The Hall–Kier alpha value is -1.22. The minimum atomic E-state index is -0.0202. The summed E-state index contributed by atoms with van der Waals surface area (Å²) in [7, 11) is 1.62. The fourth-order valence-corrected chi connectivity index (χ4v) is 3.49. The summed E-state index contributed by atoms with van der Waals surface area (Å²) >= 11 is 0. The first kappa shape index (κ1) is 24.8. The molecule has 1 fully saturated rings. The van der Waals surface area contributed by atoms with Gasteiger partial charge in [0.2, 0.25) is 0 Å². The molecule has 1 aromatic carbocycles. The molecule has 160 valence electrons. The predicted molar refractivity (Wildman–Crippen MR) is 125 cm³/mol. The molecular weight excluding hydrogens is 469 g/mol. The Bertz CT molecular complexity index is 578. The van der Waals surface area contributed by atoms with Gasteiger partial charge in [0.15, 0.2) is 17.5 Å². The molecular formula is C21H36IN3O3. The Morgan fingerprint density at radius 3 is 2.68 bits per heavy atom. The quantitative estimate of drug-likeness (QED) is 0.185. The van der Waals surface area contributed by atoms with Crippen molar-refractivity contribution in [2.24, 2.45) is 10.9 Å². The van der Waals surface area contributed by atoms with Crippen molar-refractivity contribution >= 4 is 29.9 Å². The van der Waals surface area contributed by atoms with Crippen LogP contribution in [0.5, 0.6) is 11.5 Å². The summed E-state index contributed by atoms with van der Waals surface area (Å²) in [6.07, 6.45) is 8.16. The fraction of sp³-hybridized carbons (Fsp3) is 0.667. The van der Waals surface area contributed by atoms with E-state index in [1.807, 2.05) is 18.2 Å². The molecule has 0 aromatic heterocycles. The highest BCUT2D eigenvalue weighted by molar-refractivity contribution is 14.0. The zero-order valence-corrected chi connectivity index (χ0v) is 19.5. The molecule has 6 nitrogen and oxygen atoms in total. The third-order valence-corrected chi connectivity index (χ3v) is 4.90. The van der Waals surface area contributed by atoms with Gasteiger partial charge in [-0.05, 0) is 43.4 Å². The number of aliphatic imine (C=N–C) groups is 1. The van der Waals surface area contributed by atoms with E-state index in [1.165, 1.54) is 38.5 Å². The average molecular weight is 505 g/mol. The van der Waals surface area contributed by atoms with E-state index in [-0.39, 0.29) is 37.2 Å². The monoisotopic (exact) mass is 505 g/mol. The molecule has 0 radical (unpaired) electrons. The van der Waals surface area contributed by atoms with Gasteiger partial charge < -0.3 is 25.2 Å². The smallest absolute Gasteiger partial charge is 0.191 e. The van der Waals surface area contributed by atoms with Crippen molar-refractivity contribution in [1.29, 1.82) is 0 Å². The van der Waals surface area contributed by atoms with Gasteiger partial charge in [-0.2, -0.15) is 0 Å². The van der Waals surface area contributed by atoms with Crippen molar-refractivity contribution in [2.75, 3.05) is 33.4 Å². The molecule has 0 bridgehead atoms. The van der Waals surface area contributed by atoms with Crippen LogP contribution in [0.1, 0.15) is 51.0 Å². The lowest BCUT2D eigenvalue weighted by atomic mass is 10.0. The molecule has 0 unspecified atom stereocenters. The Morgan fingerprint density at radius 2 is 2.00 bits per heavy atom. The van der Waals surface area contributed by atoms with Gasteiger partial charge in [-0.3, -0.25) is 0 Å². The Labute approximate surface area is 186 Å². The minimum absolute atomic E-state index is 0. The summed E-state index contributed by atoms with van der Waals surface area (Å²) in [5.41, 5.74) is 1.05. The second kappa shape index (κ2) is 14.7. The molecule has 7 heteroatoms. The first-order valence-corrected chi connectivity index (χ1v) is 10.2. The molecule has 0 aliphatic heterocycles. The average Bonchev–Trinajstić information content (AvgIpc) is 3.21. The fourth-order valence-electron chi connectivity index (χ4n) is 3.49. The largest absolute Gasteiger partial charge is 0.493 e. The number of rotatable bonds is 11. The Balaban J connectivity index is 0.00000392. The number of halogens is 1. The van der Waals surface area contributed by atoms with Crippen molar-refractivity contribution in [3.8, 4) is 11.5 Å². The number of methoxy groups -OCH3 is 1. The van der Waals surface area contributed by atoms with Crippen molar-refractivity contribution in [3.63, 3.8) is 0 Å². The van der Waals surface area contributed by atoms with Crippen LogP contribution >= 0.6 is 24.0 Å². The summed E-state index contributed by atoms with van der Waals surface area (Å²) < 4.78 is 10.8. The van der Waals surface area contributed by atoms with E-state index in [0.717, 1.165) is 30.5 Å². The number of aliphatic hydroxyl groups is 1. The number of hydrogen-bond acceptors (Lipinski definition) is 4. The van der Waals surface area contributed by atoms with E-state index in [9.17, 15) is 0 Å². The van der Waals surface area contributed by atoms with Crippen LogP contribution in [0.15, 0.2) is 23.2 Å². The maximum Gasteiger partial charge on any atom is 0.191 e. The number of nitrogens with zero attached hydrogens (tertiary/aromatic N) is 1. The van der Waals surface area contributed by atoms with Crippen LogP contribution in [-0.4, -0.2) is 44.5 Å². The molecule has 2 rings (SSSR count). The van der Waals surface area contributed by atoms with Crippen LogP contribution in [0, 0.1) is 5.92 Å². The van der Waals surface area contributed by atoms with Gasteiger partial charge in [0.05, 0.1) is 20.3 Å². The number of ether oxygens (including phenoxy) is 2. The van der Waals surface area contributed by atoms with Gasteiger partial charge >= 0.3 is 0 Å². The SMILES string of the molecule is CCNC(=NCc1ccc(OCCO)c(OC)c1)NCCCC1CCCC1.I. The number of aliphatic hydroxyl groups excluding tert-OH is 1. The summed E-state index contributed by atoms with van der Waals surface area (Å²) in [5, 5.41) is 15.6. The van der Waals surface area contributed by atoms with Crippen LogP contribution in [-0.2, 0) is 6.54 Å². The first-order chi connectivity index (χ1) is 13.3. The highest BCUT2D eigenvalue weighted by Crippen LogP contribution is 2.29. The molecule has 0 heterocycles. The molecule has 1 aliphatic carbocycles. The van der Waals surface area contributed by atoms with Gasteiger partial charge in [-0.1, -0.05) is 31.7 Å². The molecule has 1 aliphatic rings. The standard InChI is InChI=1S/C21H35N3O3.HI/c1-3-22-21(23-12-6-9-17-7-4-5-8-17)24-16-18-10-11-19(27-14-13-25)20(15-18)26-2;/h10-11,15,17,25H,3-9,12-14,16H2,1-2H3,(H2,22,23,24);1H. The highest BCUT2D eigenvalue weighted by atomic mass is 127. The Kier molecular flexibility index (Phi) is 13.1. The van der Waals surface area contributed by atoms with E-state index in [2.05, 4.69) is 22.5 Å². The van der Waals surface area contributed by atoms with Crippen LogP contribution in [0.25, 0.3) is 0 Å². The lowest BCUT2D eigenvalue weighted by molar-refractivity contribution is 0.196. The van der Waals surface area contributed by atoms with Gasteiger partial charge in [-0.15, -0.1) is 24.0 Å². The molecule has 0 amide bonds. The van der Waals surface area contributed by atoms with E-state index in [4.69, 9.17) is 14.6 Å². The van der Waals surface area contributed by atoms with Gasteiger partial charge in [0, 0.05) is 13.1 Å². The summed E-state index contributed by atoms with van der Waals surface area (Å²) in [6.45, 7) is 4.67. The number of hydrogen-bond donors (Lipinski definition) is 3. The molecule has 1 aromatic rings. The van der Waals surface area contributed by atoms with Crippen LogP contribution in [0.4, 0.5) is 0 Å². The summed E-state index contributed by atoms with van der Waals surface area (Å²) in [6, 6.07) is 5.77. The molecule has 28 heavy (non-hydrogen) atoms. The van der Waals surface area contributed by atoms with Gasteiger partial charge in [-0.25, -0.2) is 4.99 Å². The third kappa shape index (κ3) is 8.86. The summed E-state index contributed by atoms with van der Waals surface area (Å²) in [4.78, 5) is 4.68. The maximum absolute atomic E-state index is 8.89. The van der Waals surface area contributed by atoms with Crippen LogP contribution < -0.4 is 20.1 Å². The first-order valence-electron chi connectivity index (χ1n) is 10.2. The zero-order valence-electron chi connectivity index (χ0n) is 17.2. The van der Waals surface area contributed by atoms with Crippen molar-refractivity contribution < 1.29 is 14.6 Å². The van der Waals surface area contributed by atoms with Crippen molar-refractivity contribution in [3.05, 3.63) is 23.8 Å². The van der Waals surface area contributed by atoms with Crippen LogP contribution in [0.2, 0.25) is 0 Å². The molecule has 0 spiro atoms. The predicted octanol–water partition coefficient (Wildman–Crippen LogP) is 3.71. The maximum atomic E-state index is 8.89. The molecule has 0 atom stereocenters. The lowest BCUT2D eigenvalue weighted by Crippen LogP contribution is -2.37. The normalized spacial score (nSPS) is 14.5. The lowest BCUT2D eigenvalue weighted by Gasteiger charge is -2.14. The second-order valence-corrected chi connectivity index (χ2v) is 6.97. The van der Waals surface area contributed by atoms with E-state index >= 15 is 0 Å². The molecule has 1 saturated carbocycles. The second-order valence-electron chi connectivity index (χ2n) is 6.97. The van der Waals surface area contributed by atoms with Crippen molar-refractivity contribution in [1.82, 2.24) is 10.6 Å². The number of nitrogens with one attached hydrogen (secondary N) is 2. The third-order valence-electron chi connectivity index (χ3n) is 4.90. The Morgan fingerprint density at radius 1 is 1.21 bits per heavy atom.